The van der Waals surface area contributed by atoms with Crippen molar-refractivity contribution in [3.63, 3.8) is 0 Å². The van der Waals surface area contributed by atoms with Crippen molar-refractivity contribution in [2.45, 2.75) is 66.5 Å². The molecule has 3 nitrogen and oxygen atoms in total. The van der Waals surface area contributed by atoms with E-state index in [2.05, 4.69) is 25.8 Å². The van der Waals surface area contributed by atoms with Crippen LogP contribution in [-0.4, -0.2) is 23.8 Å². The molecule has 0 aliphatic heterocycles. The van der Waals surface area contributed by atoms with Crippen molar-refractivity contribution < 1.29 is 9.53 Å². The Morgan fingerprint density at radius 1 is 1.12 bits per heavy atom. The van der Waals surface area contributed by atoms with E-state index in [1.165, 1.54) is 0 Å². The van der Waals surface area contributed by atoms with E-state index in [9.17, 15) is 4.79 Å². The Bertz CT molecular complexity index is 592. The van der Waals surface area contributed by atoms with Gasteiger partial charge in [-0.1, -0.05) is 71.0 Å². The van der Waals surface area contributed by atoms with Crippen molar-refractivity contribution in [1.29, 1.82) is 0 Å². The second kappa shape index (κ2) is 8.98. The summed E-state index contributed by atoms with van der Waals surface area (Å²) in [7, 11) is 0. The summed E-state index contributed by atoms with van der Waals surface area (Å²) < 4.78 is 5.78. The van der Waals surface area contributed by atoms with Gasteiger partial charge in [0.25, 0.3) is 0 Å². The van der Waals surface area contributed by atoms with Crippen molar-refractivity contribution in [3.05, 3.63) is 42.0 Å². The number of nitrogens with zero attached hydrogens (tertiary/aromatic N) is 1. The average molecular weight is 344 g/mol. The maximum atomic E-state index is 12.6. The second-order valence-corrected chi connectivity index (χ2v) is 8.68. The summed E-state index contributed by atoms with van der Waals surface area (Å²) in [6.07, 6.45) is 6.32. The minimum Gasteiger partial charge on any atom is -0.458 e. The number of aliphatic imine (C=N–C) groups is 1. The summed E-state index contributed by atoms with van der Waals surface area (Å²) in [6.45, 7) is 14.3. The molecule has 1 atom stereocenters. The molecule has 0 amide bonds. The SMILES string of the molecule is CC(C)C(N=C/C=C/c1ccccc1)C(=O)OC(C)(C)CC(C)(C)C. The molecule has 0 fully saturated rings. The molecule has 0 aromatic heterocycles. The highest BCUT2D eigenvalue weighted by molar-refractivity contribution is 5.83. The molecule has 0 spiro atoms. The van der Waals surface area contributed by atoms with E-state index in [0.717, 1.165) is 12.0 Å². The Morgan fingerprint density at radius 2 is 1.72 bits per heavy atom. The fraction of sp³-hybridized carbons (Fsp3) is 0.545. The highest BCUT2D eigenvalue weighted by atomic mass is 16.6. The van der Waals surface area contributed by atoms with Crippen LogP contribution in [0.2, 0.25) is 0 Å². The molecule has 0 aliphatic rings. The van der Waals surface area contributed by atoms with Crippen LogP contribution in [0.5, 0.6) is 0 Å². The quantitative estimate of drug-likeness (QED) is 0.480. The van der Waals surface area contributed by atoms with Gasteiger partial charge < -0.3 is 4.74 Å². The Hall–Kier alpha value is -1.90. The van der Waals surface area contributed by atoms with Gasteiger partial charge in [-0.25, -0.2) is 4.79 Å². The zero-order valence-electron chi connectivity index (χ0n) is 16.7. The van der Waals surface area contributed by atoms with Crippen LogP contribution in [-0.2, 0) is 9.53 Å². The van der Waals surface area contributed by atoms with Gasteiger partial charge in [-0.05, 0) is 43.2 Å². The molecule has 1 rings (SSSR count). The Morgan fingerprint density at radius 3 is 2.24 bits per heavy atom. The number of hydrogen-bond donors (Lipinski definition) is 0. The predicted octanol–water partition coefficient (Wildman–Crippen LogP) is 5.55. The van der Waals surface area contributed by atoms with Gasteiger partial charge in [0.1, 0.15) is 11.6 Å². The summed E-state index contributed by atoms with van der Waals surface area (Å²) >= 11 is 0. The molecule has 0 aliphatic carbocycles. The highest BCUT2D eigenvalue weighted by Crippen LogP contribution is 2.30. The Labute approximate surface area is 153 Å². The Balaban J connectivity index is 2.74. The van der Waals surface area contributed by atoms with Crippen LogP contribution in [0, 0.1) is 11.3 Å². The molecule has 0 N–H and O–H groups in total. The molecular weight excluding hydrogens is 310 g/mol. The second-order valence-electron chi connectivity index (χ2n) is 8.68. The first-order chi connectivity index (χ1) is 11.5. The maximum Gasteiger partial charge on any atom is 0.331 e. The average Bonchev–Trinajstić information content (AvgIpc) is 2.44. The van der Waals surface area contributed by atoms with Gasteiger partial charge in [0.2, 0.25) is 0 Å². The third kappa shape index (κ3) is 8.67. The van der Waals surface area contributed by atoms with E-state index in [1.807, 2.05) is 70.2 Å². The summed E-state index contributed by atoms with van der Waals surface area (Å²) in [4.78, 5) is 17.0. The van der Waals surface area contributed by atoms with Crippen LogP contribution >= 0.6 is 0 Å². The molecule has 0 heterocycles. The zero-order valence-corrected chi connectivity index (χ0v) is 16.7. The molecular formula is C22H33NO2. The number of carbonyl (C=O) groups excluding carboxylic acids is 1. The van der Waals surface area contributed by atoms with E-state index >= 15 is 0 Å². The number of allylic oxidation sites excluding steroid dienone is 1. The molecule has 0 saturated heterocycles. The van der Waals surface area contributed by atoms with Crippen LogP contribution < -0.4 is 0 Å². The van der Waals surface area contributed by atoms with E-state index < -0.39 is 11.6 Å². The normalized spacial score (nSPS) is 14.4. The third-order valence-corrected chi connectivity index (χ3v) is 3.63. The lowest BCUT2D eigenvalue weighted by Gasteiger charge is -2.33. The van der Waals surface area contributed by atoms with Crippen LogP contribution in [0.1, 0.15) is 60.5 Å². The highest BCUT2D eigenvalue weighted by Gasteiger charge is 2.32. The first kappa shape index (κ1) is 21.1. The van der Waals surface area contributed by atoms with Crippen LogP contribution in [0.3, 0.4) is 0 Å². The first-order valence-corrected chi connectivity index (χ1v) is 8.98. The number of carbonyl (C=O) groups is 1. The third-order valence-electron chi connectivity index (χ3n) is 3.63. The smallest absolute Gasteiger partial charge is 0.331 e. The molecule has 0 saturated carbocycles. The van der Waals surface area contributed by atoms with E-state index in [-0.39, 0.29) is 17.3 Å². The van der Waals surface area contributed by atoms with Crippen molar-refractivity contribution >= 4 is 18.3 Å². The standard InChI is InChI=1S/C22H33NO2/c1-17(2)19(20(24)25-22(6,7)16-21(3,4)5)23-15-11-14-18-12-9-8-10-13-18/h8-15,17,19H,16H2,1-7H3/b14-11+,23-15?. The van der Waals surface area contributed by atoms with Gasteiger partial charge in [0, 0.05) is 6.21 Å². The molecule has 138 valence electrons. The number of ether oxygens (including phenoxy) is 1. The van der Waals surface area contributed by atoms with Crippen molar-refractivity contribution in [1.82, 2.24) is 0 Å². The van der Waals surface area contributed by atoms with Gasteiger partial charge in [-0.15, -0.1) is 0 Å². The lowest BCUT2D eigenvalue weighted by Crippen LogP contribution is -2.38. The van der Waals surface area contributed by atoms with Crippen molar-refractivity contribution in [2.24, 2.45) is 16.3 Å². The van der Waals surface area contributed by atoms with Gasteiger partial charge >= 0.3 is 5.97 Å². The largest absolute Gasteiger partial charge is 0.458 e. The monoisotopic (exact) mass is 343 g/mol. The summed E-state index contributed by atoms with van der Waals surface area (Å²) in [6, 6.07) is 9.52. The van der Waals surface area contributed by atoms with Gasteiger partial charge in [-0.3, -0.25) is 4.99 Å². The number of rotatable bonds is 7. The molecule has 0 radical (unpaired) electrons. The predicted molar refractivity (Wildman–Crippen MR) is 107 cm³/mol. The molecule has 0 bridgehead atoms. The first-order valence-electron chi connectivity index (χ1n) is 8.98. The Kier molecular flexibility index (Phi) is 7.60. The zero-order chi connectivity index (χ0) is 19.1. The minimum atomic E-state index is -0.502. The van der Waals surface area contributed by atoms with Crippen LogP contribution in [0.15, 0.2) is 41.4 Å². The van der Waals surface area contributed by atoms with E-state index in [0.29, 0.717) is 0 Å². The lowest BCUT2D eigenvalue weighted by molar-refractivity contribution is -0.161. The van der Waals surface area contributed by atoms with E-state index in [1.54, 1.807) is 6.21 Å². The number of esters is 1. The summed E-state index contributed by atoms with van der Waals surface area (Å²) in [5.74, 6) is -0.173. The molecule has 1 aromatic carbocycles. The molecule has 1 unspecified atom stereocenters. The number of hydrogen-bond acceptors (Lipinski definition) is 3. The summed E-state index contributed by atoms with van der Waals surface area (Å²) in [5.41, 5.74) is 0.695. The van der Waals surface area contributed by atoms with Gasteiger partial charge in [0.15, 0.2) is 0 Å². The molecule has 25 heavy (non-hydrogen) atoms. The topological polar surface area (TPSA) is 38.7 Å². The van der Waals surface area contributed by atoms with Crippen LogP contribution in [0.4, 0.5) is 0 Å². The van der Waals surface area contributed by atoms with Crippen molar-refractivity contribution in [2.75, 3.05) is 0 Å². The van der Waals surface area contributed by atoms with Crippen molar-refractivity contribution in [3.8, 4) is 0 Å². The van der Waals surface area contributed by atoms with Gasteiger partial charge in [0.05, 0.1) is 0 Å². The molecule has 1 aromatic rings. The van der Waals surface area contributed by atoms with Crippen LogP contribution in [0.25, 0.3) is 6.08 Å². The minimum absolute atomic E-state index is 0.0827. The maximum absolute atomic E-state index is 12.6. The lowest BCUT2D eigenvalue weighted by atomic mass is 9.83. The molecule has 3 heteroatoms. The summed E-state index contributed by atoms with van der Waals surface area (Å²) in [5, 5.41) is 0. The van der Waals surface area contributed by atoms with E-state index in [4.69, 9.17) is 4.74 Å². The fourth-order valence-corrected chi connectivity index (χ4v) is 3.01. The fourth-order valence-electron chi connectivity index (χ4n) is 3.01. The van der Waals surface area contributed by atoms with Gasteiger partial charge in [-0.2, -0.15) is 0 Å². The number of benzene rings is 1.